The summed E-state index contributed by atoms with van der Waals surface area (Å²) in [6.45, 7) is 1.44. The van der Waals surface area contributed by atoms with Crippen molar-refractivity contribution in [1.29, 1.82) is 0 Å². The number of hydrogen-bond donors (Lipinski definition) is 2. The maximum atomic E-state index is 10.9. The Labute approximate surface area is 138 Å². The monoisotopic (exact) mass is 321 g/mol. The van der Waals surface area contributed by atoms with Crippen molar-refractivity contribution >= 4 is 23.6 Å². The second-order valence-electron chi connectivity index (χ2n) is 4.97. The van der Waals surface area contributed by atoms with Gasteiger partial charge in [0.25, 0.3) is 0 Å². The molecule has 2 heterocycles. The maximum Gasteiger partial charge on any atom is 0.222 e. The van der Waals surface area contributed by atoms with E-state index in [1.54, 1.807) is 24.7 Å². The Morgan fingerprint density at radius 3 is 2.62 bits per heavy atom. The summed E-state index contributed by atoms with van der Waals surface area (Å²) in [5, 5.41) is 6.77. The van der Waals surface area contributed by atoms with Crippen molar-refractivity contribution in [3.63, 3.8) is 0 Å². The lowest BCUT2D eigenvalue weighted by molar-refractivity contribution is -0.114. The largest absolute Gasteiger partial charge is 0.444 e. The van der Waals surface area contributed by atoms with Crippen molar-refractivity contribution in [2.24, 2.45) is 5.10 Å². The van der Waals surface area contributed by atoms with Crippen LogP contribution in [0.1, 0.15) is 12.5 Å². The molecule has 3 aromatic rings. The fourth-order valence-corrected chi connectivity index (χ4v) is 1.98. The normalized spacial score (nSPS) is 10.7. The third-order valence-electron chi connectivity index (χ3n) is 3.10. The Kier molecular flexibility index (Phi) is 4.62. The molecule has 2 N–H and O–H groups in total. The molecule has 7 heteroatoms. The first-order valence-electron chi connectivity index (χ1n) is 7.22. The number of pyridine rings is 1. The molecule has 0 aliphatic carbocycles. The van der Waals surface area contributed by atoms with E-state index in [-0.39, 0.29) is 5.91 Å². The minimum atomic E-state index is -0.153. The van der Waals surface area contributed by atoms with Gasteiger partial charge in [0.15, 0.2) is 12.2 Å². The van der Waals surface area contributed by atoms with E-state index >= 15 is 0 Å². The number of carbonyl (C=O) groups is 1. The summed E-state index contributed by atoms with van der Waals surface area (Å²) < 4.78 is 5.24. The standard InChI is InChI=1S/C17H15N5O2/c1-12(23)21-17-7-2-13(8-19-17)9-20-22-15-5-3-14(4-6-15)16-10-18-11-24-16/h2-11,22H,1H3,(H,19,21,23). The highest BCUT2D eigenvalue weighted by molar-refractivity contribution is 5.88. The summed E-state index contributed by atoms with van der Waals surface area (Å²) in [6, 6.07) is 11.2. The number of oxazole rings is 1. The van der Waals surface area contributed by atoms with E-state index in [0.29, 0.717) is 5.82 Å². The van der Waals surface area contributed by atoms with E-state index in [2.05, 4.69) is 25.8 Å². The van der Waals surface area contributed by atoms with Crippen LogP contribution in [0.15, 0.2) is 64.7 Å². The first-order valence-corrected chi connectivity index (χ1v) is 7.22. The minimum absolute atomic E-state index is 0.153. The molecule has 0 fully saturated rings. The van der Waals surface area contributed by atoms with Gasteiger partial charge < -0.3 is 9.73 Å². The number of rotatable bonds is 5. The molecular weight excluding hydrogens is 306 g/mol. The number of carbonyl (C=O) groups excluding carboxylic acids is 1. The lowest BCUT2D eigenvalue weighted by Crippen LogP contribution is -2.07. The van der Waals surface area contributed by atoms with Gasteiger partial charge in [0, 0.05) is 24.2 Å². The van der Waals surface area contributed by atoms with Crippen molar-refractivity contribution in [3.05, 3.63) is 60.7 Å². The Morgan fingerprint density at radius 2 is 2.00 bits per heavy atom. The third kappa shape index (κ3) is 4.04. The molecular formula is C17H15N5O2. The van der Waals surface area contributed by atoms with Crippen LogP contribution >= 0.6 is 0 Å². The van der Waals surface area contributed by atoms with E-state index in [0.717, 1.165) is 22.6 Å². The third-order valence-corrected chi connectivity index (χ3v) is 3.10. The van der Waals surface area contributed by atoms with Crippen LogP contribution in [0.5, 0.6) is 0 Å². The van der Waals surface area contributed by atoms with Crippen LogP contribution in [0.4, 0.5) is 11.5 Å². The first kappa shape index (κ1) is 15.4. The van der Waals surface area contributed by atoms with Crippen LogP contribution in [-0.2, 0) is 4.79 Å². The summed E-state index contributed by atoms with van der Waals surface area (Å²) in [4.78, 5) is 18.9. The van der Waals surface area contributed by atoms with E-state index in [4.69, 9.17) is 4.42 Å². The van der Waals surface area contributed by atoms with E-state index in [1.807, 2.05) is 30.3 Å². The SMILES string of the molecule is CC(=O)Nc1ccc(C=NNc2ccc(-c3cnco3)cc2)cn1. The first-order chi connectivity index (χ1) is 11.7. The fraction of sp³-hybridized carbons (Fsp3) is 0.0588. The molecule has 0 radical (unpaired) electrons. The second-order valence-corrected chi connectivity index (χ2v) is 4.97. The van der Waals surface area contributed by atoms with Gasteiger partial charge in [-0.05, 0) is 36.4 Å². The number of amides is 1. The van der Waals surface area contributed by atoms with E-state index < -0.39 is 0 Å². The van der Waals surface area contributed by atoms with Crippen LogP contribution in [0.2, 0.25) is 0 Å². The molecule has 0 bridgehead atoms. The van der Waals surface area contributed by atoms with Crippen molar-refractivity contribution in [3.8, 4) is 11.3 Å². The zero-order valence-electron chi connectivity index (χ0n) is 12.9. The van der Waals surface area contributed by atoms with Gasteiger partial charge in [-0.1, -0.05) is 0 Å². The van der Waals surface area contributed by atoms with Gasteiger partial charge >= 0.3 is 0 Å². The minimum Gasteiger partial charge on any atom is -0.444 e. The summed E-state index contributed by atoms with van der Waals surface area (Å²) in [6.07, 6.45) is 6.34. The molecule has 1 amide bonds. The van der Waals surface area contributed by atoms with Crippen LogP contribution in [0.3, 0.4) is 0 Å². The van der Waals surface area contributed by atoms with Gasteiger partial charge in [-0.2, -0.15) is 5.10 Å². The molecule has 7 nitrogen and oxygen atoms in total. The van der Waals surface area contributed by atoms with Gasteiger partial charge in [0.2, 0.25) is 5.91 Å². The highest BCUT2D eigenvalue weighted by atomic mass is 16.3. The summed E-state index contributed by atoms with van der Waals surface area (Å²) in [7, 11) is 0. The molecule has 0 aliphatic heterocycles. The number of anilines is 2. The molecule has 2 aromatic heterocycles. The number of hydrazone groups is 1. The molecule has 24 heavy (non-hydrogen) atoms. The molecule has 120 valence electrons. The topological polar surface area (TPSA) is 92.4 Å². The smallest absolute Gasteiger partial charge is 0.222 e. The van der Waals surface area contributed by atoms with Gasteiger partial charge in [0.1, 0.15) is 5.82 Å². The zero-order valence-corrected chi connectivity index (χ0v) is 12.9. The van der Waals surface area contributed by atoms with E-state index in [1.165, 1.54) is 13.3 Å². The van der Waals surface area contributed by atoms with Crippen LogP contribution < -0.4 is 10.7 Å². The molecule has 0 atom stereocenters. The average Bonchev–Trinajstić information content (AvgIpc) is 3.11. The summed E-state index contributed by atoms with van der Waals surface area (Å²) in [5.74, 6) is 1.07. The van der Waals surface area contributed by atoms with E-state index in [9.17, 15) is 4.79 Å². The quantitative estimate of drug-likeness (QED) is 0.556. The Bertz CT molecular complexity index is 824. The lowest BCUT2D eigenvalue weighted by atomic mass is 10.2. The number of nitrogens with one attached hydrogen (secondary N) is 2. The van der Waals surface area contributed by atoms with Gasteiger partial charge in [-0.25, -0.2) is 9.97 Å². The Balaban J connectivity index is 1.58. The van der Waals surface area contributed by atoms with Crippen molar-refractivity contribution in [2.45, 2.75) is 6.92 Å². The van der Waals surface area contributed by atoms with Crippen LogP contribution in [-0.4, -0.2) is 22.1 Å². The number of hydrogen-bond acceptors (Lipinski definition) is 6. The summed E-state index contributed by atoms with van der Waals surface area (Å²) in [5.41, 5.74) is 5.54. The average molecular weight is 321 g/mol. The predicted octanol–water partition coefficient (Wildman–Crippen LogP) is 3.14. The Morgan fingerprint density at radius 1 is 1.17 bits per heavy atom. The lowest BCUT2D eigenvalue weighted by Gasteiger charge is -2.02. The van der Waals surface area contributed by atoms with Gasteiger partial charge in [-0.3, -0.25) is 10.2 Å². The highest BCUT2D eigenvalue weighted by Gasteiger charge is 2.00. The van der Waals surface area contributed by atoms with Gasteiger partial charge in [0.05, 0.1) is 18.1 Å². The number of benzene rings is 1. The summed E-state index contributed by atoms with van der Waals surface area (Å²) >= 11 is 0. The molecule has 0 saturated heterocycles. The molecule has 1 aromatic carbocycles. The molecule has 0 aliphatic rings. The van der Waals surface area contributed by atoms with Crippen molar-refractivity contribution in [1.82, 2.24) is 9.97 Å². The van der Waals surface area contributed by atoms with Gasteiger partial charge in [-0.15, -0.1) is 0 Å². The van der Waals surface area contributed by atoms with Crippen molar-refractivity contribution < 1.29 is 9.21 Å². The second kappa shape index (κ2) is 7.19. The number of nitrogens with zero attached hydrogens (tertiary/aromatic N) is 3. The molecule has 0 unspecified atom stereocenters. The maximum absolute atomic E-state index is 10.9. The fourth-order valence-electron chi connectivity index (χ4n) is 1.98. The van der Waals surface area contributed by atoms with Crippen LogP contribution in [0.25, 0.3) is 11.3 Å². The molecule has 0 saturated carbocycles. The predicted molar refractivity (Wildman–Crippen MR) is 91.7 cm³/mol. The van der Waals surface area contributed by atoms with Crippen LogP contribution in [0, 0.1) is 0 Å². The highest BCUT2D eigenvalue weighted by Crippen LogP contribution is 2.20. The van der Waals surface area contributed by atoms with Crippen molar-refractivity contribution in [2.75, 3.05) is 10.7 Å². The number of aromatic nitrogens is 2. The zero-order chi connectivity index (χ0) is 16.8. The Hall–Kier alpha value is -3.48. The molecule has 3 rings (SSSR count). The molecule has 0 spiro atoms.